The van der Waals surface area contributed by atoms with E-state index in [4.69, 9.17) is 4.74 Å². The van der Waals surface area contributed by atoms with Gasteiger partial charge in [-0.3, -0.25) is 0 Å². The van der Waals surface area contributed by atoms with Crippen LogP contribution in [0.1, 0.15) is 27.2 Å². The molecule has 0 amide bonds. The summed E-state index contributed by atoms with van der Waals surface area (Å²) in [7, 11) is 4.91. The van der Waals surface area contributed by atoms with E-state index in [-0.39, 0.29) is 11.8 Å². The van der Waals surface area contributed by atoms with Crippen molar-refractivity contribution < 1.29 is 13.9 Å². The van der Waals surface area contributed by atoms with E-state index >= 15 is 0 Å². The molecule has 7 heteroatoms. The number of ether oxygens (including phenoxy) is 1. The van der Waals surface area contributed by atoms with Crippen LogP contribution >= 0.6 is 40.0 Å². The first kappa shape index (κ1) is 20.5. The van der Waals surface area contributed by atoms with Gasteiger partial charge in [0, 0.05) is 50.1 Å². The molecule has 0 aliphatic carbocycles. The molecule has 142 valence electrons. The van der Waals surface area contributed by atoms with Crippen molar-refractivity contribution in [2.45, 2.75) is 19.9 Å². The molecule has 0 bridgehead atoms. The van der Waals surface area contributed by atoms with Crippen LogP contribution in [0.5, 0.6) is 0 Å². The third-order valence-electron chi connectivity index (χ3n) is 4.61. The predicted molar refractivity (Wildman–Crippen MR) is 121 cm³/mol. The number of aryl methyl sites for hydroxylation is 1. The summed E-state index contributed by atoms with van der Waals surface area (Å²) in [4.78, 5) is 11.6. The van der Waals surface area contributed by atoms with Crippen LogP contribution in [-0.2, 0) is 17.7 Å². The van der Waals surface area contributed by atoms with Crippen molar-refractivity contribution in [3.05, 3.63) is 70.7 Å². The summed E-state index contributed by atoms with van der Waals surface area (Å²) in [6, 6.07) is 12.4. The highest BCUT2D eigenvalue weighted by Crippen LogP contribution is 2.32. The maximum Gasteiger partial charge on any atom is 0.337 e. The molecule has 3 nitrogen and oxygen atoms in total. The zero-order chi connectivity index (χ0) is 19.4. The number of hydrogen-bond donors (Lipinski definition) is 0. The Hall–Kier alpha value is -1.19. The number of esters is 1. The molecule has 0 radical (unpaired) electrons. The summed E-state index contributed by atoms with van der Waals surface area (Å²) in [5.41, 5.74) is 4.95. The van der Waals surface area contributed by atoms with E-state index in [1.54, 1.807) is 26.2 Å². The van der Waals surface area contributed by atoms with Crippen molar-refractivity contribution in [3.63, 3.8) is 0 Å². The van der Waals surface area contributed by atoms with Crippen LogP contribution in [-0.4, -0.2) is 23.4 Å². The fourth-order valence-corrected chi connectivity index (χ4v) is 5.63. The molecule has 0 saturated carbocycles. The van der Waals surface area contributed by atoms with Crippen molar-refractivity contribution in [2.75, 3.05) is 12.9 Å². The Morgan fingerprint density at radius 3 is 2.63 bits per heavy atom. The number of carbonyl (C=O) groups excluding carboxylic acids is 1. The topological polar surface area (TPSA) is 31.2 Å². The molecule has 27 heavy (non-hydrogen) atoms. The van der Waals surface area contributed by atoms with Gasteiger partial charge in [-0.25, -0.2) is 9.18 Å². The van der Waals surface area contributed by atoms with Gasteiger partial charge in [0.15, 0.2) is 0 Å². The van der Waals surface area contributed by atoms with E-state index in [1.807, 2.05) is 29.0 Å². The van der Waals surface area contributed by atoms with E-state index in [1.165, 1.54) is 13.2 Å². The van der Waals surface area contributed by atoms with Crippen molar-refractivity contribution in [1.82, 2.24) is 4.57 Å². The molecular weight excluding hydrogens is 496 g/mol. The number of rotatable bonds is 7. The average molecular weight is 515 g/mol. The standard InChI is InChI=1S/C20H19FINO2S2/c1-13-17(11-14-3-5-15(6-4-14)20(24)25-2)18-12-16(21)7-8-19(18)23(13)9-10-26-27-22/h3-8,12H,9-11H2,1-2H3. The van der Waals surface area contributed by atoms with Crippen LogP contribution in [0.15, 0.2) is 42.5 Å². The van der Waals surface area contributed by atoms with E-state index in [0.717, 1.165) is 40.0 Å². The Morgan fingerprint density at radius 1 is 1.22 bits per heavy atom. The molecule has 0 N–H and O–H groups in total. The minimum Gasteiger partial charge on any atom is -0.465 e. The predicted octanol–water partition coefficient (Wildman–Crippen LogP) is 6.20. The first-order valence-electron chi connectivity index (χ1n) is 8.40. The van der Waals surface area contributed by atoms with Gasteiger partial charge in [-0.2, -0.15) is 0 Å². The van der Waals surface area contributed by atoms with Gasteiger partial charge in [-0.15, -0.1) is 0 Å². The number of carbonyl (C=O) groups is 1. The first-order chi connectivity index (χ1) is 13.0. The summed E-state index contributed by atoms with van der Waals surface area (Å²) >= 11 is 2.28. The van der Waals surface area contributed by atoms with Gasteiger partial charge in [0.05, 0.1) is 12.7 Å². The van der Waals surface area contributed by atoms with Crippen molar-refractivity contribution in [3.8, 4) is 0 Å². The summed E-state index contributed by atoms with van der Waals surface area (Å²) in [5, 5.41) is 0.955. The molecule has 0 unspecified atom stereocenters. The number of halogens is 2. The number of hydrogen-bond acceptors (Lipinski definition) is 4. The third-order valence-corrected chi connectivity index (χ3v) is 8.11. The lowest BCUT2D eigenvalue weighted by atomic mass is 10.0. The third kappa shape index (κ3) is 4.63. The zero-order valence-electron chi connectivity index (χ0n) is 15.0. The van der Waals surface area contributed by atoms with Crippen LogP contribution < -0.4 is 0 Å². The molecule has 3 aromatic rings. The molecule has 1 aromatic heterocycles. The van der Waals surface area contributed by atoms with Crippen LogP contribution in [0.3, 0.4) is 0 Å². The Kier molecular flexibility index (Phi) is 7.10. The van der Waals surface area contributed by atoms with Crippen molar-refractivity contribution in [1.29, 1.82) is 0 Å². The second-order valence-electron chi connectivity index (χ2n) is 6.13. The fourth-order valence-electron chi connectivity index (χ4n) is 3.28. The monoisotopic (exact) mass is 515 g/mol. The lowest BCUT2D eigenvalue weighted by Crippen LogP contribution is -2.03. The summed E-state index contributed by atoms with van der Waals surface area (Å²) in [5.74, 6) is 0.421. The number of aromatic nitrogens is 1. The lowest BCUT2D eigenvalue weighted by molar-refractivity contribution is 0.0600. The van der Waals surface area contributed by atoms with Crippen LogP contribution in [0.2, 0.25) is 0 Å². The molecule has 2 aromatic carbocycles. The van der Waals surface area contributed by atoms with E-state index in [2.05, 4.69) is 32.7 Å². The number of nitrogens with zero attached hydrogens (tertiary/aromatic N) is 1. The van der Waals surface area contributed by atoms with E-state index in [0.29, 0.717) is 12.0 Å². The molecular formula is C20H19FINO2S2. The van der Waals surface area contributed by atoms with Gasteiger partial charge in [-0.1, -0.05) is 22.9 Å². The van der Waals surface area contributed by atoms with Gasteiger partial charge in [0.25, 0.3) is 0 Å². The molecule has 3 rings (SSSR count). The zero-order valence-corrected chi connectivity index (χ0v) is 18.8. The van der Waals surface area contributed by atoms with E-state index in [9.17, 15) is 9.18 Å². The number of fused-ring (bicyclic) bond motifs is 1. The summed E-state index contributed by atoms with van der Waals surface area (Å²) < 4.78 is 20.9. The van der Waals surface area contributed by atoms with Crippen molar-refractivity contribution >= 4 is 56.8 Å². The second-order valence-corrected chi connectivity index (χ2v) is 11.2. The van der Waals surface area contributed by atoms with Gasteiger partial charge in [-0.05, 0) is 62.8 Å². The molecule has 1 heterocycles. The Bertz CT molecular complexity index is 957. The molecule has 0 atom stereocenters. The van der Waals surface area contributed by atoms with Crippen LogP contribution in [0, 0.1) is 12.7 Å². The Labute approximate surface area is 178 Å². The second kappa shape index (κ2) is 9.34. The Morgan fingerprint density at radius 2 is 1.96 bits per heavy atom. The normalized spacial score (nSPS) is 11.1. The fraction of sp³-hybridized carbons (Fsp3) is 0.250. The minimum atomic E-state index is -0.345. The van der Waals surface area contributed by atoms with E-state index < -0.39 is 0 Å². The smallest absolute Gasteiger partial charge is 0.337 e. The highest BCUT2D eigenvalue weighted by Gasteiger charge is 2.15. The molecule has 0 aliphatic rings. The van der Waals surface area contributed by atoms with Gasteiger partial charge in [0.1, 0.15) is 5.82 Å². The minimum absolute atomic E-state index is 0.223. The average Bonchev–Trinajstić information content (AvgIpc) is 2.93. The Balaban J connectivity index is 1.96. The molecule has 0 fully saturated rings. The first-order valence-corrected chi connectivity index (χ1v) is 13.3. The van der Waals surface area contributed by atoms with Crippen molar-refractivity contribution in [2.24, 2.45) is 0 Å². The maximum absolute atomic E-state index is 13.9. The van der Waals surface area contributed by atoms with Crippen LogP contribution in [0.25, 0.3) is 10.9 Å². The summed E-state index contributed by atoms with van der Waals surface area (Å²) in [6.45, 7) is 2.98. The quantitative estimate of drug-likeness (QED) is 0.162. The van der Waals surface area contributed by atoms with Gasteiger partial charge >= 0.3 is 5.97 Å². The summed E-state index contributed by atoms with van der Waals surface area (Å²) in [6.07, 6.45) is 0.689. The largest absolute Gasteiger partial charge is 0.465 e. The van der Waals surface area contributed by atoms with Crippen LogP contribution in [0.4, 0.5) is 4.39 Å². The number of methoxy groups -OCH3 is 1. The maximum atomic E-state index is 13.9. The lowest BCUT2D eigenvalue weighted by Gasteiger charge is -2.08. The highest BCUT2D eigenvalue weighted by atomic mass is 127. The number of benzene rings is 2. The van der Waals surface area contributed by atoms with Gasteiger partial charge in [0.2, 0.25) is 0 Å². The molecule has 0 aliphatic heterocycles. The molecule has 0 saturated heterocycles. The SMILES string of the molecule is COC(=O)c1ccc(Cc2c(C)n(CCSSI)c3ccc(F)cc23)cc1. The highest BCUT2D eigenvalue weighted by molar-refractivity contribution is 14.2. The molecule has 0 spiro atoms. The van der Waals surface area contributed by atoms with Gasteiger partial charge < -0.3 is 9.30 Å².